The minimum Gasteiger partial charge on any atom is -0.366 e. The van der Waals surface area contributed by atoms with Gasteiger partial charge in [-0.15, -0.1) is 0 Å². The second kappa shape index (κ2) is 7.85. The van der Waals surface area contributed by atoms with Crippen LogP contribution in [0.25, 0.3) is 32.9 Å². The van der Waals surface area contributed by atoms with Crippen LogP contribution >= 0.6 is 11.6 Å². The molecule has 0 saturated carbocycles. The fraction of sp³-hybridized carbons (Fsp3) is 0.107. The van der Waals surface area contributed by atoms with Crippen LogP contribution in [0.3, 0.4) is 0 Å². The van der Waals surface area contributed by atoms with E-state index in [0.29, 0.717) is 17.1 Å². The zero-order chi connectivity index (χ0) is 22.4. The predicted octanol–water partition coefficient (Wildman–Crippen LogP) is 6.68. The van der Waals surface area contributed by atoms with Crippen molar-refractivity contribution in [1.82, 2.24) is 4.57 Å². The minimum atomic E-state index is -0.434. The van der Waals surface area contributed by atoms with Crippen LogP contribution in [0.15, 0.2) is 72.8 Å². The molecule has 0 atom stereocenters. The van der Waals surface area contributed by atoms with E-state index in [1.807, 2.05) is 42.5 Å². The first-order chi connectivity index (χ1) is 15.4. The van der Waals surface area contributed by atoms with Crippen molar-refractivity contribution in [1.29, 1.82) is 0 Å². The van der Waals surface area contributed by atoms with Crippen LogP contribution in [0.1, 0.15) is 27.0 Å². The molecular weight excluding hydrogens is 416 g/mol. The summed E-state index contributed by atoms with van der Waals surface area (Å²) in [6.07, 6.45) is 0. The molecule has 157 valence electrons. The highest BCUT2D eigenvalue weighted by Gasteiger charge is 2.18. The number of nitrogens with two attached hydrogens (primary N) is 1. The van der Waals surface area contributed by atoms with Crippen molar-refractivity contribution in [3.8, 4) is 11.1 Å². The maximum atomic E-state index is 12.2. The molecule has 3 nitrogen and oxygen atoms in total. The topological polar surface area (TPSA) is 48.0 Å². The Balaban J connectivity index is 1.81. The number of fused-ring (bicyclic) bond motifs is 3. The smallest absolute Gasteiger partial charge is 0.249 e. The van der Waals surface area contributed by atoms with Gasteiger partial charge in [-0.3, -0.25) is 4.79 Å². The summed E-state index contributed by atoms with van der Waals surface area (Å²) in [4.78, 5) is 12.2. The highest BCUT2D eigenvalue weighted by Crippen LogP contribution is 2.35. The quantitative estimate of drug-likeness (QED) is 0.335. The molecule has 0 aliphatic heterocycles. The van der Waals surface area contributed by atoms with Crippen LogP contribution in [0, 0.1) is 19.9 Å². The number of nitrogens with zero attached hydrogens (tertiary/aromatic N) is 1. The standard InChI is InChI=1S/C28H22ClN2O/c1-17-6-7-18(2)21(14-17)16-31-25-5-3-4-24(28(30)32)27(25)23-13-10-20(15-26(23)31)19-8-11-22(29)12-9-19/h3-12,14-15H,16H2,1-2H3,(H2,30,32). The fourth-order valence-electron chi connectivity index (χ4n) is 4.38. The maximum absolute atomic E-state index is 12.2. The number of hydrogen-bond acceptors (Lipinski definition) is 1. The van der Waals surface area contributed by atoms with E-state index in [4.69, 9.17) is 17.3 Å². The third-order valence-electron chi connectivity index (χ3n) is 6.07. The lowest BCUT2D eigenvalue weighted by Crippen LogP contribution is -2.11. The summed E-state index contributed by atoms with van der Waals surface area (Å²) in [5, 5.41) is 2.45. The van der Waals surface area contributed by atoms with Gasteiger partial charge in [-0.2, -0.15) is 0 Å². The second-order valence-electron chi connectivity index (χ2n) is 8.24. The van der Waals surface area contributed by atoms with Gasteiger partial charge in [0.15, 0.2) is 0 Å². The first-order valence-electron chi connectivity index (χ1n) is 10.5. The molecule has 5 rings (SSSR count). The summed E-state index contributed by atoms with van der Waals surface area (Å²) in [7, 11) is 0. The van der Waals surface area contributed by atoms with E-state index in [-0.39, 0.29) is 0 Å². The van der Waals surface area contributed by atoms with Crippen molar-refractivity contribution in [2.75, 3.05) is 0 Å². The molecule has 32 heavy (non-hydrogen) atoms. The SMILES string of the molecule is Cc1ccc(C)c(Cn2c3cc(-c4ccc(Cl)cc4)c[c]c3c3c(C(N)=O)cccc32)c1. The van der Waals surface area contributed by atoms with Gasteiger partial charge in [0.1, 0.15) is 0 Å². The summed E-state index contributed by atoms with van der Waals surface area (Å²) in [5.41, 5.74) is 14.0. The Labute approximate surface area is 192 Å². The molecular formula is C28H22ClN2O. The summed E-state index contributed by atoms with van der Waals surface area (Å²) in [5.74, 6) is -0.434. The lowest BCUT2D eigenvalue weighted by Gasteiger charge is -2.12. The van der Waals surface area contributed by atoms with E-state index in [0.717, 1.165) is 32.9 Å². The number of aromatic nitrogens is 1. The Morgan fingerprint density at radius 1 is 0.969 bits per heavy atom. The highest BCUT2D eigenvalue weighted by molar-refractivity contribution is 6.30. The first kappa shape index (κ1) is 20.3. The van der Waals surface area contributed by atoms with Crippen LogP contribution in [0.4, 0.5) is 0 Å². The van der Waals surface area contributed by atoms with Crippen molar-refractivity contribution in [2.45, 2.75) is 20.4 Å². The number of benzene rings is 4. The van der Waals surface area contributed by atoms with Gasteiger partial charge in [-0.1, -0.05) is 53.6 Å². The number of hydrogen-bond donors (Lipinski definition) is 1. The lowest BCUT2D eigenvalue weighted by atomic mass is 10.0. The zero-order valence-electron chi connectivity index (χ0n) is 17.9. The number of aryl methyl sites for hydroxylation is 2. The largest absolute Gasteiger partial charge is 0.366 e. The molecule has 5 aromatic rings. The van der Waals surface area contributed by atoms with Crippen molar-refractivity contribution < 1.29 is 4.79 Å². The molecule has 0 saturated heterocycles. The van der Waals surface area contributed by atoms with Gasteiger partial charge >= 0.3 is 0 Å². The summed E-state index contributed by atoms with van der Waals surface area (Å²) < 4.78 is 2.26. The molecule has 2 N–H and O–H groups in total. The first-order valence-corrected chi connectivity index (χ1v) is 10.9. The van der Waals surface area contributed by atoms with Crippen molar-refractivity contribution >= 4 is 39.3 Å². The van der Waals surface area contributed by atoms with Gasteiger partial charge < -0.3 is 10.3 Å². The number of primary amides is 1. The average molecular weight is 438 g/mol. The van der Waals surface area contributed by atoms with Crippen LogP contribution < -0.4 is 5.73 Å². The van der Waals surface area contributed by atoms with Crippen LogP contribution in [0.2, 0.25) is 5.02 Å². The van der Waals surface area contributed by atoms with Gasteiger partial charge in [-0.05, 0) is 78.6 Å². The molecule has 1 heterocycles. The Hall–Kier alpha value is -3.56. The average Bonchev–Trinajstić information content (AvgIpc) is 3.09. The molecule has 0 bridgehead atoms. The van der Waals surface area contributed by atoms with E-state index in [1.165, 1.54) is 16.7 Å². The second-order valence-corrected chi connectivity index (χ2v) is 8.67. The molecule has 0 spiro atoms. The van der Waals surface area contributed by atoms with E-state index in [9.17, 15) is 4.79 Å². The van der Waals surface area contributed by atoms with Crippen molar-refractivity contribution in [2.24, 2.45) is 5.73 Å². The fourth-order valence-corrected chi connectivity index (χ4v) is 4.51. The number of amides is 1. The summed E-state index contributed by atoms with van der Waals surface area (Å²) in [6, 6.07) is 27.6. The Morgan fingerprint density at radius 2 is 1.75 bits per heavy atom. The van der Waals surface area contributed by atoms with Gasteiger partial charge in [0.2, 0.25) is 5.91 Å². The van der Waals surface area contributed by atoms with Crippen LogP contribution in [-0.2, 0) is 6.54 Å². The van der Waals surface area contributed by atoms with E-state index in [1.54, 1.807) is 6.07 Å². The Morgan fingerprint density at radius 3 is 2.50 bits per heavy atom. The normalized spacial score (nSPS) is 11.3. The Kier molecular flexibility index (Phi) is 4.99. The number of rotatable bonds is 4. The monoisotopic (exact) mass is 437 g/mol. The van der Waals surface area contributed by atoms with Crippen LogP contribution in [0.5, 0.6) is 0 Å². The molecule has 4 heteroatoms. The maximum Gasteiger partial charge on any atom is 0.249 e. The highest BCUT2D eigenvalue weighted by atomic mass is 35.5. The molecule has 0 aliphatic carbocycles. The van der Waals surface area contributed by atoms with Crippen LogP contribution in [-0.4, -0.2) is 10.5 Å². The summed E-state index contributed by atoms with van der Waals surface area (Å²) in [6.45, 7) is 4.92. The molecule has 4 aromatic carbocycles. The number of halogens is 1. The van der Waals surface area contributed by atoms with Crippen molar-refractivity contribution in [3.63, 3.8) is 0 Å². The zero-order valence-corrected chi connectivity index (χ0v) is 18.7. The molecule has 1 aromatic heterocycles. The van der Waals surface area contributed by atoms with Crippen molar-refractivity contribution in [3.05, 3.63) is 106 Å². The molecule has 0 fully saturated rings. The van der Waals surface area contributed by atoms with Gasteiger partial charge in [0, 0.05) is 27.9 Å². The number of carbonyl (C=O) groups excluding carboxylic acids is 1. The minimum absolute atomic E-state index is 0.434. The van der Waals surface area contributed by atoms with E-state index >= 15 is 0 Å². The third kappa shape index (κ3) is 3.45. The molecule has 0 aliphatic rings. The molecule has 1 amide bonds. The van der Waals surface area contributed by atoms with Gasteiger partial charge in [0.25, 0.3) is 0 Å². The lowest BCUT2D eigenvalue weighted by molar-refractivity contribution is 0.100. The molecule has 0 unspecified atom stereocenters. The predicted molar refractivity (Wildman–Crippen MR) is 132 cm³/mol. The third-order valence-corrected chi connectivity index (χ3v) is 6.32. The number of carbonyl (C=O) groups is 1. The molecule has 1 radical (unpaired) electrons. The van der Waals surface area contributed by atoms with E-state index < -0.39 is 5.91 Å². The summed E-state index contributed by atoms with van der Waals surface area (Å²) >= 11 is 6.08. The van der Waals surface area contributed by atoms with Gasteiger partial charge in [0.05, 0.1) is 11.0 Å². The van der Waals surface area contributed by atoms with E-state index in [2.05, 4.69) is 48.7 Å². The Bertz CT molecular complexity index is 1500. The van der Waals surface area contributed by atoms with Gasteiger partial charge in [-0.25, -0.2) is 0 Å².